The van der Waals surface area contributed by atoms with Gasteiger partial charge in [-0.1, -0.05) is 38.1 Å². The number of rotatable bonds is 11. The predicted molar refractivity (Wildman–Crippen MR) is 147 cm³/mol. The number of anilines is 1. The van der Waals surface area contributed by atoms with Crippen LogP contribution >= 0.6 is 0 Å². The molecule has 0 spiro atoms. The number of hydrogen-bond acceptors (Lipinski definition) is 7. The number of benzene rings is 3. The van der Waals surface area contributed by atoms with Gasteiger partial charge in [0.05, 0.1) is 12.8 Å². The Morgan fingerprint density at radius 1 is 1.03 bits per heavy atom. The van der Waals surface area contributed by atoms with Crippen LogP contribution in [0.4, 0.5) is 10.1 Å². The number of para-hydroxylation sites is 2. The van der Waals surface area contributed by atoms with Gasteiger partial charge in [-0.3, -0.25) is 5.73 Å². The van der Waals surface area contributed by atoms with Gasteiger partial charge in [-0.25, -0.2) is 9.38 Å². The van der Waals surface area contributed by atoms with Crippen molar-refractivity contribution in [3.8, 4) is 11.5 Å². The summed E-state index contributed by atoms with van der Waals surface area (Å²) < 4.78 is 25.5. The fraction of sp³-hybridized carbons (Fsp3) is 0.276. The highest BCUT2D eigenvalue weighted by molar-refractivity contribution is 6.12. The summed E-state index contributed by atoms with van der Waals surface area (Å²) in [6, 6.07) is 21.5. The fourth-order valence-electron chi connectivity index (χ4n) is 4.16. The largest absolute Gasteiger partial charge is 0.495 e. The molecule has 3 aromatic carbocycles. The molecule has 0 aromatic heterocycles. The summed E-state index contributed by atoms with van der Waals surface area (Å²) in [5, 5.41) is 6.70. The summed E-state index contributed by atoms with van der Waals surface area (Å²) in [7, 11) is 1.61. The Kier molecular flexibility index (Phi) is 8.43. The van der Waals surface area contributed by atoms with E-state index in [0.29, 0.717) is 29.3 Å². The third kappa shape index (κ3) is 6.28. The van der Waals surface area contributed by atoms with Crippen molar-refractivity contribution < 1.29 is 13.9 Å². The molecule has 4 N–H and O–H groups in total. The molecule has 0 aliphatic carbocycles. The summed E-state index contributed by atoms with van der Waals surface area (Å²) in [6.45, 7) is 7.75. The first-order valence-electron chi connectivity index (χ1n) is 12.4. The van der Waals surface area contributed by atoms with Gasteiger partial charge in [-0.2, -0.15) is 0 Å². The van der Waals surface area contributed by atoms with Crippen LogP contribution in [0.25, 0.3) is 5.57 Å². The Hall–Kier alpha value is -3.88. The molecule has 3 aromatic rings. The van der Waals surface area contributed by atoms with Gasteiger partial charge < -0.3 is 25.0 Å². The van der Waals surface area contributed by atoms with E-state index in [-0.39, 0.29) is 5.82 Å². The molecule has 0 saturated heterocycles. The van der Waals surface area contributed by atoms with Crippen molar-refractivity contribution in [1.82, 2.24) is 10.2 Å². The van der Waals surface area contributed by atoms with E-state index < -0.39 is 5.79 Å². The summed E-state index contributed by atoms with van der Waals surface area (Å²) in [5.74, 6) is 0.416. The van der Waals surface area contributed by atoms with Crippen LogP contribution in [0.1, 0.15) is 25.0 Å². The van der Waals surface area contributed by atoms with Gasteiger partial charge in [0, 0.05) is 23.9 Å². The first-order valence-corrected chi connectivity index (χ1v) is 12.4. The zero-order chi connectivity index (χ0) is 26.3. The van der Waals surface area contributed by atoms with Crippen molar-refractivity contribution in [2.24, 2.45) is 10.7 Å². The molecule has 8 heteroatoms. The van der Waals surface area contributed by atoms with Gasteiger partial charge in [-0.15, -0.1) is 0 Å². The minimum atomic E-state index is -1.25. The number of likely N-dealkylation sites (N-methyl/N-ethyl adjacent to an activating group) is 1. The zero-order valence-corrected chi connectivity index (χ0v) is 21.5. The smallest absolute Gasteiger partial charge is 0.210 e. The van der Waals surface area contributed by atoms with E-state index >= 15 is 0 Å². The molecular formula is C29H34FN5O2. The first kappa shape index (κ1) is 26.2. The van der Waals surface area contributed by atoms with Crippen LogP contribution in [0.5, 0.6) is 11.5 Å². The predicted octanol–water partition coefficient (Wildman–Crippen LogP) is 4.78. The number of aliphatic imine (C=N–C) groups is 1. The molecule has 0 fully saturated rings. The van der Waals surface area contributed by atoms with Crippen LogP contribution in [-0.2, 0) is 5.79 Å². The molecule has 1 heterocycles. The van der Waals surface area contributed by atoms with E-state index in [9.17, 15) is 4.39 Å². The molecule has 1 unspecified atom stereocenters. The minimum absolute atomic E-state index is 0.337. The Balaban J connectivity index is 1.59. The van der Waals surface area contributed by atoms with Gasteiger partial charge >= 0.3 is 0 Å². The van der Waals surface area contributed by atoms with E-state index in [2.05, 4.69) is 34.4 Å². The highest BCUT2D eigenvalue weighted by Gasteiger charge is 2.31. The maximum absolute atomic E-state index is 14.1. The number of allylic oxidation sites excluding steroid dienone is 1. The summed E-state index contributed by atoms with van der Waals surface area (Å²) in [6.07, 6.45) is 1.66. The lowest BCUT2D eigenvalue weighted by molar-refractivity contribution is 0.222. The SMILES string of the molecule is CCN(CC)CCOc1ccc(C2(N)N=CC(c3cccc(F)c3)=C(Nc3ccccc3OC)N2)cc1. The van der Waals surface area contributed by atoms with Gasteiger partial charge in [0.2, 0.25) is 5.79 Å². The van der Waals surface area contributed by atoms with E-state index in [0.717, 1.165) is 36.6 Å². The van der Waals surface area contributed by atoms with Crippen LogP contribution in [0.15, 0.2) is 83.6 Å². The van der Waals surface area contributed by atoms with Gasteiger partial charge in [0.25, 0.3) is 0 Å². The lowest BCUT2D eigenvalue weighted by Crippen LogP contribution is -2.51. The fourth-order valence-corrected chi connectivity index (χ4v) is 4.16. The second kappa shape index (κ2) is 11.9. The summed E-state index contributed by atoms with van der Waals surface area (Å²) in [4.78, 5) is 6.94. The van der Waals surface area contributed by atoms with Crippen LogP contribution in [0, 0.1) is 5.82 Å². The van der Waals surface area contributed by atoms with Crippen LogP contribution in [0.2, 0.25) is 0 Å². The molecule has 7 nitrogen and oxygen atoms in total. The van der Waals surface area contributed by atoms with Gasteiger partial charge in [-0.05, 0) is 67.2 Å². The van der Waals surface area contributed by atoms with Crippen molar-refractivity contribution in [2.45, 2.75) is 19.6 Å². The number of nitrogens with one attached hydrogen (secondary N) is 2. The number of hydrogen-bond donors (Lipinski definition) is 3. The minimum Gasteiger partial charge on any atom is -0.495 e. The Labute approximate surface area is 217 Å². The lowest BCUT2D eigenvalue weighted by atomic mass is 10.0. The molecule has 194 valence electrons. The third-order valence-electron chi connectivity index (χ3n) is 6.35. The normalized spacial score (nSPS) is 17.0. The number of ether oxygens (including phenoxy) is 2. The van der Waals surface area contributed by atoms with Crippen LogP contribution < -0.4 is 25.8 Å². The first-order chi connectivity index (χ1) is 18.0. The second-order valence-corrected chi connectivity index (χ2v) is 8.67. The van der Waals surface area contributed by atoms with E-state index in [1.54, 1.807) is 19.4 Å². The maximum Gasteiger partial charge on any atom is 0.210 e. The van der Waals surface area contributed by atoms with Gasteiger partial charge in [0.15, 0.2) is 0 Å². The standard InChI is InChI=1S/C29H34FN5O2/c1-4-35(5-2)17-18-37-24-15-13-22(14-16-24)29(31)32-20-25(21-9-8-10-23(30)19-21)28(34-29)33-26-11-6-7-12-27(26)36-3/h6-16,19-20,33-34H,4-5,17-18,31H2,1-3H3. The molecule has 0 amide bonds. The molecular weight excluding hydrogens is 469 g/mol. The van der Waals surface area contributed by atoms with Crippen LogP contribution in [-0.4, -0.2) is 44.5 Å². The number of nitrogens with two attached hydrogens (primary N) is 1. The van der Waals surface area contributed by atoms with E-state index in [1.807, 2.05) is 54.6 Å². The molecule has 1 aliphatic rings. The van der Waals surface area contributed by atoms with Crippen molar-refractivity contribution in [3.63, 3.8) is 0 Å². The van der Waals surface area contributed by atoms with Crippen molar-refractivity contribution >= 4 is 17.5 Å². The average Bonchev–Trinajstić information content (AvgIpc) is 2.92. The topological polar surface area (TPSA) is 84.1 Å². The molecule has 1 atom stereocenters. The van der Waals surface area contributed by atoms with E-state index in [1.165, 1.54) is 12.1 Å². The lowest BCUT2D eigenvalue weighted by Gasteiger charge is -2.34. The summed E-state index contributed by atoms with van der Waals surface area (Å²) >= 11 is 0. The third-order valence-corrected chi connectivity index (χ3v) is 6.35. The monoisotopic (exact) mass is 503 g/mol. The average molecular weight is 504 g/mol. The Morgan fingerprint density at radius 3 is 2.49 bits per heavy atom. The molecule has 0 radical (unpaired) electrons. The summed E-state index contributed by atoms with van der Waals surface area (Å²) in [5.41, 5.74) is 9.56. The van der Waals surface area contributed by atoms with Crippen molar-refractivity contribution in [1.29, 1.82) is 0 Å². The van der Waals surface area contributed by atoms with Crippen LogP contribution in [0.3, 0.4) is 0 Å². The highest BCUT2D eigenvalue weighted by Crippen LogP contribution is 2.31. The van der Waals surface area contributed by atoms with Crippen molar-refractivity contribution in [3.05, 3.63) is 95.6 Å². The number of nitrogens with zero attached hydrogens (tertiary/aromatic N) is 2. The highest BCUT2D eigenvalue weighted by atomic mass is 19.1. The van der Waals surface area contributed by atoms with Crippen molar-refractivity contribution in [2.75, 3.05) is 38.7 Å². The Bertz CT molecular complexity index is 1260. The number of methoxy groups -OCH3 is 1. The van der Waals surface area contributed by atoms with Gasteiger partial charge in [0.1, 0.15) is 29.7 Å². The second-order valence-electron chi connectivity index (χ2n) is 8.67. The number of halogens is 1. The Morgan fingerprint density at radius 2 is 1.78 bits per heavy atom. The van der Waals surface area contributed by atoms with E-state index in [4.69, 9.17) is 15.2 Å². The maximum atomic E-state index is 14.1. The quantitative estimate of drug-likeness (QED) is 0.349. The molecule has 4 rings (SSSR count). The molecule has 37 heavy (non-hydrogen) atoms. The molecule has 1 aliphatic heterocycles. The zero-order valence-electron chi connectivity index (χ0n) is 21.5. The molecule has 0 saturated carbocycles. The molecule has 0 bridgehead atoms.